The molecule has 0 aliphatic heterocycles. The molecule has 0 saturated heterocycles. The van der Waals surface area contributed by atoms with Crippen LogP contribution in [0, 0.1) is 5.92 Å². The molecule has 0 heterocycles. The lowest BCUT2D eigenvalue weighted by Crippen LogP contribution is -2.42. The van der Waals surface area contributed by atoms with E-state index in [4.69, 9.17) is 4.74 Å². The number of nitrogens with one attached hydrogen (secondary N) is 3. The number of aliphatic imine (C=N–C) groups is 1. The molecule has 20 heavy (non-hydrogen) atoms. The Morgan fingerprint density at radius 2 is 1.85 bits per heavy atom. The fraction of sp³-hybridized carbons (Fsp3) is 0.857. The monoisotopic (exact) mass is 284 g/mol. The van der Waals surface area contributed by atoms with Crippen LogP contribution in [-0.2, 0) is 4.74 Å². The van der Waals surface area contributed by atoms with E-state index in [9.17, 15) is 4.79 Å². The number of hydrogen-bond acceptors (Lipinski definition) is 3. The van der Waals surface area contributed by atoms with E-state index in [2.05, 4.69) is 20.9 Å². The van der Waals surface area contributed by atoms with E-state index < -0.39 is 5.60 Å². The quantitative estimate of drug-likeness (QED) is 0.392. The first-order valence-corrected chi connectivity index (χ1v) is 7.39. The summed E-state index contributed by atoms with van der Waals surface area (Å²) in [6.07, 6.45) is 2.20. The summed E-state index contributed by atoms with van der Waals surface area (Å²) < 4.78 is 5.16. The fourth-order valence-corrected chi connectivity index (χ4v) is 1.52. The van der Waals surface area contributed by atoms with Crippen molar-refractivity contribution in [3.63, 3.8) is 0 Å². The van der Waals surface area contributed by atoms with Gasteiger partial charge in [-0.2, -0.15) is 0 Å². The summed E-state index contributed by atoms with van der Waals surface area (Å²) in [6.45, 7) is 10.4. The third-order valence-electron chi connectivity index (χ3n) is 2.63. The number of hydrogen-bond donors (Lipinski definition) is 3. The molecule has 1 aliphatic carbocycles. The van der Waals surface area contributed by atoms with Gasteiger partial charge in [-0.15, -0.1) is 0 Å². The van der Waals surface area contributed by atoms with Crippen molar-refractivity contribution in [1.82, 2.24) is 16.0 Å². The first-order chi connectivity index (χ1) is 9.40. The lowest BCUT2D eigenvalue weighted by Gasteiger charge is -2.19. The Labute approximate surface area is 121 Å². The molecule has 0 atom stereocenters. The molecule has 0 unspecified atom stereocenters. The zero-order chi connectivity index (χ0) is 15.0. The molecule has 0 radical (unpaired) electrons. The molecule has 0 aromatic rings. The van der Waals surface area contributed by atoms with Crippen LogP contribution in [0.1, 0.15) is 40.5 Å². The lowest BCUT2D eigenvalue weighted by molar-refractivity contribution is 0.0529. The summed E-state index contributed by atoms with van der Waals surface area (Å²) in [6, 6.07) is 0. The van der Waals surface area contributed by atoms with Crippen molar-refractivity contribution in [1.29, 1.82) is 0 Å². The van der Waals surface area contributed by atoms with Crippen LogP contribution >= 0.6 is 0 Å². The maximum Gasteiger partial charge on any atom is 0.407 e. The van der Waals surface area contributed by atoms with E-state index in [1.807, 2.05) is 27.7 Å². The predicted molar refractivity (Wildman–Crippen MR) is 80.9 cm³/mol. The highest BCUT2D eigenvalue weighted by Crippen LogP contribution is 2.28. The van der Waals surface area contributed by atoms with Crippen LogP contribution in [0.2, 0.25) is 0 Å². The van der Waals surface area contributed by atoms with E-state index in [0.717, 1.165) is 25.0 Å². The lowest BCUT2D eigenvalue weighted by atomic mass is 10.2. The molecule has 1 rings (SSSR count). The molecule has 3 N–H and O–H groups in total. The molecule has 1 fully saturated rings. The molecular weight excluding hydrogens is 256 g/mol. The van der Waals surface area contributed by atoms with Gasteiger partial charge >= 0.3 is 6.09 Å². The standard InChI is InChI=1S/C14H28N4O2/c1-5-15-12(18-10-11-6-7-11)16-8-9-17-13(19)20-14(2,3)4/h11H,5-10H2,1-4H3,(H,17,19)(H2,15,16,18). The van der Waals surface area contributed by atoms with E-state index in [0.29, 0.717) is 13.1 Å². The Morgan fingerprint density at radius 3 is 2.40 bits per heavy atom. The van der Waals surface area contributed by atoms with E-state index >= 15 is 0 Å². The molecule has 0 spiro atoms. The normalized spacial score (nSPS) is 15.7. The van der Waals surface area contributed by atoms with Gasteiger partial charge in [0, 0.05) is 26.2 Å². The Kier molecular flexibility index (Phi) is 6.61. The van der Waals surface area contributed by atoms with Gasteiger partial charge in [-0.25, -0.2) is 4.79 Å². The zero-order valence-corrected chi connectivity index (χ0v) is 13.1. The topological polar surface area (TPSA) is 74.8 Å². The van der Waals surface area contributed by atoms with Gasteiger partial charge in [-0.1, -0.05) is 0 Å². The number of carbonyl (C=O) groups is 1. The number of amides is 1. The maximum atomic E-state index is 11.4. The van der Waals surface area contributed by atoms with Gasteiger partial charge in [-0.3, -0.25) is 4.99 Å². The first kappa shape index (κ1) is 16.6. The van der Waals surface area contributed by atoms with Gasteiger partial charge in [0.2, 0.25) is 0 Å². The molecular formula is C14H28N4O2. The van der Waals surface area contributed by atoms with Gasteiger partial charge in [0.25, 0.3) is 0 Å². The van der Waals surface area contributed by atoms with Crippen molar-refractivity contribution in [3.8, 4) is 0 Å². The second-order valence-corrected chi connectivity index (χ2v) is 6.02. The number of rotatable bonds is 6. The summed E-state index contributed by atoms with van der Waals surface area (Å²) in [5.41, 5.74) is -0.460. The zero-order valence-electron chi connectivity index (χ0n) is 13.1. The van der Waals surface area contributed by atoms with Crippen molar-refractivity contribution in [2.45, 2.75) is 46.1 Å². The van der Waals surface area contributed by atoms with Crippen LogP contribution in [0.25, 0.3) is 0 Å². The van der Waals surface area contributed by atoms with Gasteiger partial charge in [0.1, 0.15) is 5.60 Å². The minimum Gasteiger partial charge on any atom is -0.444 e. The summed E-state index contributed by atoms with van der Waals surface area (Å²) in [7, 11) is 0. The molecule has 0 bridgehead atoms. The molecule has 6 heteroatoms. The van der Waals surface area contributed by atoms with Crippen LogP contribution in [0.15, 0.2) is 4.99 Å². The van der Waals surface area contributed by atoms with Crippen molar-refractivity contribution in [2.75, 3.05) is 26.2 Å². The first-order valence-electron chi connectivity index (χ1n) is 7.39. The van der Waals surface area contributed by atoms with Gasteiger partial charge in [0.15, 0.2) is 5.96 Å². The van der Waals surface area contributed by atoms with Crippen molar-refractivity contribution >= 4 is 12.1 Å². The second-order valence-electron chi connectivity index (χ2n) is 6.02. The highest BCUT2D eigenvalue weighted by atomic mass is 16.6. The summed E-state index contributed by atoms with van der Waals surface area (Å²) in [5.74, 6) is 1.58. The predicted octanol–water partition coefficient (Wildman–Crippen LogP) is 1.48. The fourth-order valence-electron chi connectivity index (χ4n) is 1.52. The Balaban J connectivity index is 2.16. The third kappa shape index (κ3) is 8.61. The molecule has 1 amide bonds. The van der Waals surface area contributed by atoms with Crippen LogP contribution in [0.3, 0.4) is 0 Å². The number of ether oxygens (including phenoxy) is 1. The van der Waals surface area contributed by atoms with Crippen molar-refractivity contribution in [3.05, 3.63) is 0 Å². The van der Waals surface area contributed by atoms with E-state index in [1.165, 1.54) is 12.8 Å². The van der Waals surface area contributed by atoms with Gasteiger partial charge < -0.3 is 20.7 Å². The molecule has 1 aliphatic rings. The summed E-state index contributed by atoms with van der Waals surface area (Å²) in [5, 5.41) is 9.09. The van der Waals surface area contributed by atoms with Crippen molar-refractivity contribution in [2.24, 2.45) is 10.9 Å². The molecule has 1 saturated carbocycles. The number of alkyl carbamates (subject to hydrolysis) is 1. The van der Waals surface area contributed by atoms with Crippen LogP contribution < -0.4 is 16.0 Å². The molecule has 116 valence electrons. The third-order valence-corrected chi connectivity index (χ3v) is 2.63. The Morgan fingerprint density at radius 1 is 1.20 bits per heavy atom. The smallest absolute Gasteiger partial charge is 0.407 e. The average Bonchev–Trinajstić information content (AvgIpc) is 3.13. The van der Waals surface area contributed by atoms with E-state index in [-0.39, 0.29) is 6.09 Å². The van der Waals surface area contributed by atoms with Crippen LogP contribution in [0.5, 0.6) is 0 Å². The van der Waals surface area contributed by atoms with Crippen LogP contribution in [0.4, 0.5) is 4.79 Å². The Bertz CT molecular complexity index is 333. The SMILES string of the molecule is CCNC(=NCC1CC1)NCCNC(=O)OC(C)(C)C. The second kappa shape index (κ2) is 7.97. The summed E-state index contributed by atoms with van der Waals surface area (Å²) >= 11 is 0. The highest BCUT2D eigenvalue weighted by Gasteiger charge is 2.20. The largest absolute Gasteiger partial charge is 0.444 e. The number of carbonyl (C=O) groups excluding carboxylic acids is 1. The Hall–Kier alpha value is -1.46. The molecule has 0 aromatic heterocycles. The van der Waals surface area contributed by atoms with Gasteiger partial charge in [-0.05, 0) is 46.5 Å². The van der Waals surface area contributed by atoms with Gasteiger partial charge in [0.05, 0.1) is 0 Å². The average molecular weight is 284 g/mol. The highest BCUT2D eigenvalue weighted by molar-refractivity contribution is 5.79. The van der Waals surface area contributed by atoms with Crippen molar-refractivity contribution < 1.29 is 9.53 Å². The molecule has 0 aromatic carbocycles. The van der Waals surface area contributed by atoms with Crippen LogP contribution in [-0.4, -0.2) is 43.8 Å². The maximum absolute atomic E-state index is 11.4. The summed E-state index contributed by atoms with van der Waals surface area (Å²) in [4.78, 5) is 15.9. The molecule has 6 nitrogen and oxygen atoms in total. The number of guanidine groups is 1. The minimum absolute atomic E-state index is 0.390. The number of nitrogens with zero attached hydrogens (tertiary/aromatic N) is 1. The minimum atomic E-state index is -0.460. The van der Waals surface area contributed by atoms with E-state index in [1.54, 1.807) is 0 Å².